The molecule has 2 nitrogen and oxygen atoms in total. The lowest BCUT2D eigenvalue weighted by molar-refractivity contribution is -0.664. The number of benzene rings is 6. The van der Waals surface area contributed by atoms with Crippen molar-refractivity contribution in [1.82, 2.24) is 0 Å². The van der Waals surface area contributed by atoms with Crippen LogP contribution in [-0.2, 0) is 6.54 Å². The van der Waals surface area contributed by atoms with E-state index in [1.165, 1.54) is 5.56 Å². The third-order valence-corrected chi connectivity index (χ3v) is 10.3. The lowest BCUT2D eigenvalue weighted by Gasteiger charge is -2.44. The van der Waals surface area contributed by atoms with Crippen molar-refractivity contribution in [3.8, 4) is 6.07 Å². The monoisotopic (exact) mass is 950 g/mol. The molecule has 0 saturated heterocycles. The standard InChI is InChI=1S/C24BF20.C19H15N2/c26-5-1(6(27)14(35)21(42)13(5)34)25(2-7(28)15(36)22(43)16(37)8(2)29,3-9(30)17(38)23(44)18(39)10(3)31)4-11(32)19(40)24(45)20(41)12(4)33;1-15(13-20)18-12-11-17-9-5-6-10-19(17)21(18)14-16-7-3-2-4-8-16/h;2-12H,1,14H2/q-1;+1. The number of halogens is 20. The van der Waals surface area contributed by atoms with E-state index in [9.17, 15) is 57.9 Å². The summed E-state index contributed by atoms with van der Waals surface area (Å²) < 4.78 is 296. The molecule has 7 rings (SSSR count). The van der Waals surface area contributed by atoms with Crippen molar-refractivity contribution in [2.45, 2.75) is 6.54 Å². The number of pyridine rings is 1. The first-order valence-corrected chi connectivity index (χ1v) is 17.8. The third kappa shape index (κ3) is 7.33. The van der Waals surface area contributed by atoms with Crippen LogP contribution in [0.3, 0.4) is 0 Å². The fourth-order valence-electron chi connectivity index (χ4n) is 7.39. The molecule has 0 fully saturated rings. The average Bonchev–Trinajstić information content (AvgIpc) is 3.31. The van der Waals surface area contributed by atoms with Crippen LogP contribution in [0.25, 0.3) is 16.5 Å². The first-order chi connectivity index (χ1) is 31.0. The molecule has 0 atom stereocenters. The van der Waals surface area contributed by atoms with E-state index in [0.29, 0.717) is 5.57 Å². The van der Waals surface area contributed by atoms with E-state index in [-0.39, 0.29) is 0 Å². The molecule has 1 aromatic heterocycles. The molecule has 340 valence electrons. The number of hydrogen-bond acceptors (Lipinski definition) is 1. The van der Waals surface area contributed by atoms with Crippen LogP contribution in [0.2, 0.25) is 0 Å². The Morgan fingerprint density at radius 3 is 1.00 bits per heavy atom. The van der Waals surface area contributed by atoms with Crippen LogP contribution in [0.1, 0.15) is 11.3 Å². The number of hydrogen-bond donors (Lipinski definition) is 0. The van der Waals surface area contributed by atoms with E-state index in [0.717, 1.165) is 23.1 Å². The summed E-state index contributed by atoms with van der Waals surface area (Å²) in [5, 5.41) is 10.3. The zero-order chi connectivity index (χ0) is 49.0. The quantitative estimate of drug-likeness (QED) is 0.0391. The second-order valence-electron chi connectivity index (χ2n) is 13.7. The minimum Gasteiger partial charge on any atom is -0.207 e. The van der Waals surface area contributed by atoms with E-state index >= 15 is 35.1 Å². The number of para-hydroxylation sites is 1. The lowest BCUT2D eigenvalue weighted by atomic mass is 9.12. The maximum absolute atomic E-state index is 15.4. The number of aromatic nitrogens is 1. The largest absolute Gasteiger partial charge is 0.223 e. The maximum atomic E-state index is 15.4. The Morgan fingerprint density at radius 1 is 0.394 bits per heavy atom. The van der Waals surface area contributed by atoms with Crippen LogP contribution in [0.15, 0.2) is 73.3 Å². The summed E-state index contributed by atoms with van der Waals surface area (Å²) in [4.78, 5) is 0. The molecule has 0 N–H and O–H groups in total. The van der Waals surface area contributed by atoms with E-state index < -0.39 is 144 Å². The molecule has 7 aromatic rings. The minimum atomic E-state index is -7.22. The van der Waals surface area contributed by atoms with Gasteiger partial charge in [0.1, 0.15) is 64.3 Å². The molecule has 0 aliphatic heterocycles. The highest BCUT2D eigenvalue weighted by Crippen LogP contribution is 2.31. The predicted molar refractivity (Wildman–Crippen MR) is 194 cm³/mol. The topological polar surface area (TPSA) is 27.7 Å². The number of rotatable bonds is 7. The van der Waals surface area contributed by atoms with Crippen LogP contribution in [0.4, 0.5) is 87.8 Å². The highest BCUT2D eigenvalue weighted by Gasteiger charge is 2.52. The van der Waals surface area contributed by atoms with Gasteiger partial charge in [0.2, 0.25) is 11.2 Å². The molecule has 23 heteroatoms. The van der Waals surface area contributed by atoms with E-state index in [1.807, 2.05) is 42.5 Å². The molecule has 0 amide bonds. The van der Waals surface area contributed by atoms with Crippen molar-refractivity contribution >= 4 is 44.5 Å². The van der Waals surface area contributed by atoms with Gasteiger partial charge in [0.15, 0.2) is 76.4 Å². The Morgan fingerprint density at radius 2 is 0.682 bits per heavy atom. The van der Waals surface area contributed by atoms with Crippen molar-refractivity contribution in [1.29, 1.82) is 5.26 Å². The zero-order valence-electron chi connectivity index (χ0n) is 31.8. The number of nitrogens with zero attached hydrogens (tertiary/aromatic N) is 2. The fraction of sp³-hybridized carbons (Fsp3) is 0.0233. The van der Waals surface area contributed by atoms with Gasteiger partial charge in [0, 0.05) is 23.1 Å². The van der Waals surface area contributed by atoms with Crippen LogP contribution in [0, 0.1) is 128 Å². The molecule has 0 unspecified atom stereocenters. The summed E-state index contributed by atoms with van der Waals surface area (Å²) in [7, 11) is 0. The summed E-state index contributed by atoms with van der Waals surface area (Å²) in [5.74, 6) is -71.4. The fourth-order valence-corrected chi connectivity index (χ4v) is 7.39. The normalized spacial score (nSPS) is 11.4. The summed E-state index contributed by atoms with van der Waals surface area (Å²) in [5.41, 5.74) is -10.7. The Hall–Kier alpha value is -7.38. The van der Waals surface area contributed by atoms with Gasteiger partial charge in [-0.15, -0.1) is 21.9 Å². The molecule has 0 saturated carbocycles. The molecule has 66 heavy (non-hydrogen) atoms. The Kier molecular flexibility index (Phi) is 13.0. The molecule has 6 aromatic carbocycles. The van der Waals surface area contributed by atoms with Crippen LogP contribution >= 0.6 is 0 Å². The minimum absolute atomic E-state index is 0.483. The smallest absolute Gasteiger partial charge is 0.207 e. The number of nitriles is 1. The molecular formula is C43H15BF20N2. The molecule has 0 aliphatic rings. The van der Waals surface area contributed by atoms with Gasteiger partial charge in [-0.05, 0) is 12.1 Å². The van der Waals surface area contributed by atoms with Crippen molar-refractivity contribution < 1.29 is 92.4 Å². The Bertz CT molecular complexity index is 2830. The number of allylic oxidation sites excluding steroid dienone is 1. The molecule has 0 bridgehead atoms. The zero-order valence-corrected chi connectivity index (χ0v) is 31.8. The SMILES string of the molecule is C=C(C#N)c1ccc2ccccc2[n+]1Cc1ccccc1.Fc1c(F)c(F)c([B-](c2c(F)c(F)c(F)c(F)c2F)(c2c(F)c(F)c(F)c(F)c2F)c2c(F)c(F)c(F)c(F)c2F)c(F)c1F. The van der Waals surface area contributed by atoms with Crippen LogP contribution < -0.4 is 26.4 Å². The molecule has 1 heterocycles. The third-order valence-electron chi connectivity index (χ3n) is 10.3. The van der Waals surface area contributed by atoms with Gasteiger partial charge >= 0.3 is 0 Å². The predicted octanol–water partition coefficient (Wildman–Crippen LogP) is 9.56. The van der Waals surface area contributed by atoms with E-state index in [1.54, 1.807) is 0 Å². The van der Waals surface area contributed by atoms with E-state index in [4.69, 9.17) is 0 Å². The second-order valence-corrected chi connectivity index (χ2v) is 13.7. The van der Waals surface area contributed by atoms with Gasteiger partial charge in [-0.2, -0.15) is 9.83 Å². The maximum Gasteiger partial charge on any atom is 0.223 e. The molecule has 0 radical (unpaired) electrons. The van der Waals surface area contributed by atoms with Gasteiger partial charge in [-0.1, -0.05) is 49.0 Å². The molecule has 0 aliphatic carbocycles. The van der Waals surface area contributed by atoms with Crippen LogP contribution in [0.5, 0.6) is 0 Å². The highest BCUT2D eigenvalue weighted by molar-refractivity contribution is 7.20. The molecular weight excluding hydrogens is 935 g/mol. The first-order valence-electron chi connectivity index (χ1n) is 17.8. The summed E-state index contributed by atoms with van der Waals surface area (Å²) in [6, 6.07) is 24.6. The Labute approximate surface area is 355 Å². The number of fused-ring (bicyclic) bond motifs is 1. The summed E-state index contributed by atoms with van der Waals surface area (Å²) in [6.07, 6.45) is -7.22. The van der Waals surface area contributed by atoms with Gasteiger partial charge in [-0.3, -0.25) is 0 Å². The van der Waals surface area contributed by atoms with Gasteiger partial charge in [0.05, 0.1) is 0 Å². The second kappa shape index (κ2) is 17.9. The first kappa shape index (κ1) is 48.1. The van der Waals surface area contributed by atoms with Crippen molar-refractivity contribution in [2.75, 3.05) is 0 Å². The van der Waals surface area contributed by atoms with Crippen molar-refractivity contribution in [3.63, 3.8) is 0 Å². The van der Waals surface area contributed by atoms with Gasteiger partial charge in [-0.25, -0.2) is 87.8 Å². The van der Waals surface area contributed by atoms with Crippen molar-refractivity contribution in [3.05, 3.63) is 201 Å². The highest BCUT2D eigenvalue weighted by atomic mass is 19.2. The van der Waals surface area contributed by atoms with Crippen LogP contribution in [-0.4, -0.2) is 6.15 Å². The van der Waals surface area contributed by atoms with Gasteiger partial charge in [0.25, 0.3) is 0 Å². The summed E-state index contributed by atoms with van der Waals surface area (Å²) in [6.45, 7) is 4.59. The van der Waals surface area contributed by atoms with Crippen molar-refractivity contribution in [2.24, 2.45) is 0 Å². The Balaban J connectivity index is 0.000000284. The van der Waals surface area contributed by atoms with Gasteiger partial charge < -0.3 is 0 Å². The lowest BCUT2D eigenvalue weighted by Crippen LogP contribution is -2.81. The summed E-state index contributed by atoms with van der Waals surface area (Å²) >= 11 is 0. The average molecular weight is 950 g/mol. The van der Waals surface area contributed by atoms with E-state index in [2.05, 4.69) is 41.5 Å². The molecule has 0 spiro atoms.